The topological polar surface area (TPSA) is 59.1 Å². The van der Waals surface area contributed by atoms with Crippen molar-refractivity contribution in [3.8, 4) is 11.5 Å². The standard InChI is InChI=1S/C27H29ClN2O4/c1-2-33-23-6-3-19(4-7-23)25(31)29-12-9-27(10-13-29)11-14-30(18-27)26(32)21-15-20-16-22(28)5-8-24(20)34-17-21/h3-8,15-16H,2,9-14,17-18H2,1H3. The summed E-state index contributed by atoms with van der Waals surface area (Å²) in [4.78, 5) is 30.1. The molecule has 2 fully saturated rings. The van der Waals surface area contributed by atoms with Gasteiger partial charge in [-0.2, -0.15) is 0 Å². The molecule has 7 heteroatoms. The van der Waals surface area contributed by atoms with Crippen molar-refractivity contribution in [3.05, 3.63) is 64.2 Å². The molecule has 2 amide bonds. The summed E-state index contributed by atoms with van der Waals surface area (Å²) in [7, 11) is 0. The number of benzene rings is 2. The van der Waals surface area contributed by atoms with Gasteiger partial charge in [0.2, 0.25) is 0 Å². The number of nitrogens with zero attached hydrogens (tertiary/aromatic N) is 2. The number of fused-ring (bicyclic) bond motifs is 1. The Morgan fingerprint density at radius 3 is 2.41 bits per heavy atom. The van der Waals surface area contributed by atoms with E-state index in [1.54, 1.807) is 6.07 Å². The third-order valence-electron chi connectivity index (χ3n) is 7.21. The van der Waals surface area contributed by atoms with Gasteiger partial charge in [0.15, 0.2) is 0 Å². The smallest absolute Gasteiger partial charge is 0.253 e. The van der Waals surface area contributed by atoms with Gasteiger partial charge in [-0.3, -0.25) is 9.59 Å². The second kappa shape index (κ2) is 9.34. The zero-order valence-corrected chi connectivity index (χ0v) is 20.1. The van der Waals surface area contributed by atoms with Gasteiger partial charge in [-0.05, 0) is 80.1 Å². The molecule has 5 rings (SSSR count). The number of amides is 2. The average Bonchev–Trinajstić information content (AvgIpc) is 3.27. The highest BCUT2D eigenvalue weighted by Crippen LogP contribution is 2.41. The third-order valence-corrected chi connectivity index (χ3v) is 7.44. The van der Waals surface area contributed by atoms with Crippen LogP contribution in [0.4, 0.5) is 0 Å². The van der Waals surface area contributed by atoms with Crippen molar-refractivity contribution in [2.75, 3.05) is 39.4 Å². The van der Waals surface area contributed by atoms with Crippen LogP contribution >= 0.6 is 11.6 Å². The van der Waals surface area contributed by atoms with Gasteiger partial charge in [0.05, 0.1) is 12.2 Å². The molecular formula is C27H29ClN2O4. The first-order valence-electron chi connectivity index (χ1n) is 11.9. The van der Waals surface area contributed by atoms with E-state index in [-0.39, 0.29) is 23.8 Å². The van der Waals surface area contributed by atoms with Gasteiger partial charge < -0.3 is 19.3 Å². The van der Waals surface area contributed by atoms with Crippen LogP contribution in [-0.2, 0) is 4.79 Å². The van der Waals surface area contributed by atoms with Crippen molar-refractivity contribution in [3.63, 3.8) is 0 Å². The molecule has 0 N–H and O–H groups in total. The minimum absolute atomic E-state index is 0.0374. The Hall–Kier alpha value is -2.99. The van der Waals surface area contributed by atoms with E-state index in [0.29, 0.717) is 35.9 Å². The Kier molecular flexibility index (Phi) is 6.26. The Bertz CT molecular complexity index is 1120. The maximum atomic E-state index is 13.2. The van der Waals surface area contributed by atoms with Gasteiger partial charge in [0.1, 0.15) is 18.1 Å². The lowest BCUT2D eigenvalue weighted by atomic mass is 9.77. The molecule has 34 heavy (non-hydrogen) atoms. The molecule has 1 spiro atoms. The predicted molar refractivity (Wildman–Crippen MR) is 131 cm³/mol. The monoisotopic (exact) mass is 480 g/mol. The zero-order chi connectivity index (χ0) is 23.7. The molecule has 3 aliphatic rings. The summed E-state index contributed by atoms with van der Waals surface area (Å²) < 4.78 is 11.3. The van der Waals surface area contributed by atoms with E-state index < -0.39 is 0 Å². The summed E-state index contributed by atoms with van der Waals surface area (Å²) in [6.45, 7) is 5.73. The quantitative estimate of drug-likeness (QED) is 0.638. The van der Waals surface area contributed by atoms with Crippen LogP contribution in [0.2, 0.25) is 5.02 Å². The maximum Gasteiger partial charge on any atom is 0.253 e. The van der Waals surface area contributed by atoms with E-state index in [1.165, 1.54) is 0 Å². The Labute approximate surface area is 205 Å². The van der Waals surface area contributed by atoms with Crippen molar-refractivity contribution in [1.82, 2.24) is 9.80 Å². The molecule has 0 aliphatic carbocycles. The summed E-state index contributed by atoms with van der Waals surface area (Å²) in [5.41, 5.74) is 2.28. The van der Waals surface area contributed by atoms with Crippen LogP contribution in [0.1, 0.15) is 42.1 Å². The van der Waals surface area contributed by atoms with Crippen LogP contribution in [0, 0.1) is 5.41 Å². The van der Waals surface area contributed by atoms with Crippen molar-refractivity contribution in [1.29, 1.82) is 0 Å². The Balaban J connectivity index is 1.19. The molecule has 0 unspecified atom stereocenters. The van der Waals surface area contributed by atoms with Crippen molar-refractivity contribution in [2.45, 2.75) is 26.2 Å². The number of rotatable bonds is 4. The number of carbonyl (C=O) groups is 2. The lowest BCUT2D eigenvalue weighted by Crippen LogP contribution is -2.45. The van der Waals surface area contributed by atoms with E-state index in [4.69, 9.17) is 21.1 Å². The maximum absolute atomic E-state index is 13.2. The molecular weight excluding hydrogens is 452 g/mol. The van der Waals surface area contributed by atoms with Crippen LogP contribution in [0.15, 0.2) is 48.0 Å². The molecule has 0 atom stereocenters. The SMILES string of the molecule is CCOc1ccc(C(=O)N2CCC3(CCN(C(=O)C4=Cc5cc(Cl)ccc5OC4)C3)CC2)cc1. The highest BCUT2D eigenvalue weighted by atomic mass is 35.5. The van der Waals surface area contributed by atoms with E-state index >= 15 is 0 Å². The van der Waals surface area contributed by atoms with Gasteiger partial charge in [-0.15, -0.1) is 0 Å². The fourth-order valence-corrected chi connectivity index (χ4v) is 5.40. The fraction of sp³-hybridized carbons (Fsp3) is 0.407. The third kappa shape index (κ3) is 4.51. The number of hydrogen-bond donors (Lipinski definition) is 0. The minimum atomic E-state index is 0.0374. The van der Waals surface area contributed by atoms with Gasteiger partial charge in [0.25, 0.3) is 11.8 Å². The van der Waals surface area contributed by atoms with E-state index in [9.17, 15) is 9.59 Å². The average molecular weight is 481 g/mol. The van der Waals surface area contributed by atoms with Gasteiger partial charge in [-0.1, -0.05) is 11.6 Å². The molecule has 2 saturated heterocycles. The fourth-order valence-electron chi connectivity index (χ4n) is 5.22. The van der Waals surface area contributed by atoms with Crippen LogP contribution < -0.4 is 9.47 Å². The summed E-state index contributed by atoms with van der Waals surface area (Å²) in [5, 5.41) is 0.624. The molecule has 0 bridgehead atoms. The Morgan fingerprint density at radius 2 is 1.71 bits per heavy atom. The van der Waals surface area contributed by atoms with Crippen LogP contribution in [0.5, 0.6) is 11.5 Å². The summed E-state index contributed by atoms with van der Waals surface area (Å²) in [6.07, 6.45) is 4.69. The highest BCUT2D eigenvalue weighted by molar-refractivity contribution is 6.30. The lowest BCUT2D eigenvalue weighted by molar-refractivity contribution is -0.127. The number of hydrogen-bond acceptors (Lipinski definition) is 4. The summed E-state index contributed by atoms with van der Waals surface area (Å²) in [6, 6.07) is 12.8. The minimum Gasteiger partial charge on any atom is -0.494 e. The van der Waals surface area contributed by atoms with E-state index in [2.05, 4.69) is 0 Å². The van der Waals surface area contributed by atoms with Crippen molar-refractivity contribution < 1.29 is 19.1 Å². The van der Waals surface area contributed by atoms with Crippen LogP contribution in [-0.4, -0.2) is 61.0 Å². The first-order valence-corrected chi connectivity index (χ1v) is 12.3. The highest BCUT2D eigenvalue weighted by Gasteiger charge is 2.43. The number of carbonyl (C=O) groups excluding carboxylic acids is 2. The van der Waals surface area contributed by atoms with Crippen LogP contribution in [0.25, 0.3) is 6.08 Å². The van der Waals surface area contributed by atoms with E-state index in [1.807, 2.05) is 59.2 Å². The normalized spacial score (nSPS) is 18.8. The summed E-state index contributed by atoms with van der Waals surface area (Å²) in [5.74, 6) is 1.63. The molecule has 3 heterocycles. The number of halogens is 1. The second-order valence-corrected chi connectivity index (χ2v) is 9.80. The zero-order valence-electron chi connectivity index (χ0n) is 19.4. The molecule has 178 valence electrons. The lowest BCUT2D eigenvalue weighted by Gasteiger charge is -2.39. The molecule has 3 aliphatic heterocycles. The molecule has 6 nitrogen and oxygen atoms in total. The largest absolute Gasteiger partial charge is 0.494 e. The van der Waals surface area contributed by atoms with E-state index in [0.717, 1.165) is 49.4 Å². The van der Waals surface area contributed by atoms with Gasteiger partial charge in [-0.25, -0.2) is 0 Å². The molecule has 0 aromatic heterocycles. The molecule has 0 saturated carbocycles. The molecule has 0 radical (unpaired) electrons. The predicted octanol–water partition coefficient (Wildman–Crippen LogP) is 4.67. The number of piperidine rings is 1. The van der Waals surface area contributed by atoms with Crippen molar-refractivity contribution >= 4 is 29.5 Å². The van der Waals surface area contributed by atoms with Gasteiger partial charge in [0, 0.05) is 42.3 Å². The van der Waals surface area contributed by atoms with Crippen molar-refractivity contribution in [2.24, 2.45) is 5.41 Å². The number of likely N-dealkylation sites (tertiary alicyclic amines) is 2. The second-order valence-electron chi connectivity index (χ2n) is 9.37. The van der Waals surface area contributed by atoms with Gasteiger partial charge >= 0.3 is 0 Å². The summed E-state index contributed by atoms with van der Waals surface area (Å²) >= 11 is 6.11. The first kappa shape index (κ1) is 22.8. The Morgan fingerprint density at radius 1 is 1.00 bits per heavy atom. The molecule has 2 aromatic rings. The first-order chi connectivity index (χ1) is 16.5. The number of ether oxygens (including phenoxy) is 2. The molecule has 2 aromatic carbocycles. The van der Waals surface area contributed by atoms with Crippen LogP contribution in [0.3, 0.4) is 0 Å².